The van der Waals surface area contributed by atoms with E-state index in [0.717, 1.165) is 19.4 Å². The lowest BCUT2D eigenvalue weighted by Gasteiger charge is -2.16. The van der Waals surface area contributed by atoms with Crippen LogP contribution in [-0.4, -0.2) is 24.1 Å². The first-order chi connectivity index (χ1) is 6.35. The highest BCUT2D eigenvalue weighted by Crippen LogP contribution is 2.06. The SMILES string of the molecule is C#CCCC(CSCC)NCCC. The van der Waals surface area contributed by atoms with Crippen LogP contribution in [0, 0.1) is 12.3 Å². The summed E-state index contributed by atoms with van der Waals surface area (Å²) < 4.78 is 0. The molecule has 1 unspecified atom stereocenters. The molecule has 76 valence electrons. The Bertz CT molecular complexity index is 132. The minimum absolute atomic E-state index is 0.612. The van der Waals surface area contributed by atoms with E-state index in [9.17, 15) is 0 Å². The zero-order valence-electron chi connectivity index (χ0n) is 8.81. The van der Waals surface area contributed by atoms with Gasteiger partial charge in [-0.3, -0.25) is 0 Å². The Morgan fingerprint density at radius 3 is 2.77 bits per heavy atom. The van der Waals surface area contributed by atoms with E-state index in [1.54, 1.807) is 0 Å². The third-order valence-electron chi connectivity index (χ3n) is 1.84. The molecule has 0 amide bonds. The largest absolute Gasteiger partial charge is 0.313 e. The molecule has 0 radical (unpaired) electrons. The summed E-state index contributed by atoms with van der Waals surface area (Å²) in [5.74, 6) is 5.09. The van der Waals surface area contributed by atoms with Crippen LogP contribution in [0.15, 0.2) is 0 Å². The van der Waals surface area contributed by atoms with Crippen molar-refractivity contribution >= 4 is 11.8 Å². The van der Waals surface area contributed by atoms with Crippen molar-refractivity contribution in [2.75, 3.05) is 18.1 Å². The zero-order valence-corrected chi connectivity index (χ0v) is 9.62. The third-order valence-corrected chi connectivity index (χ3v) is 2.89. The fourth-order valence-electron chi connectivity index (χ4n) is 1.11. The zero-order chi connectivity index (χ0) is 9.94. The molecule has 0 aliphatic rings. The second-order valence-electron chi connectivity index (χ2n) is 3.05. The number of hydrogen-bond acceptors (Lipinski definition) is 2. The molecule has 0 aliphatic heterocycles. The number of terminal acetylenes is 1. The molecular weight excluding hydrogens is 178 g/mol. The monoisotopic (exact) mass is 199 g/mol. The van der Waals surface area contributed by atoms with E-state index in [2.05, 4.69) is 25.1 Å². The molecule has 0 fully saturated rings. The fourth-order valence-corrected chi connectivity index (χ4v) is 1.92. The molecule has 1 atom stereocenters. The van der Waals surface area contributed by atoms with Crippen LogP contribution >= 0.6 is 11.8 Å². The normalized spacial score (nSPS) is 12.4. The fraction of sp³-hybridized carbons (Fsp3) is 0.818. The maximum absolute atomic E-state index is 5.25. The van der Waals surface area contributed by atoms with Gasteiger partial charge in [0.1, 0.15) is 0 Å². The second-order valence-corrected chi connectivity index (χ2v) is 4.37. The Morgan fingerprint density at radius 2 is 2.23 bits per heavy atom. The summed E-state index contributed by atoms with van der Waals surface area (Å²) >= 11 is 1.99. The summed E-state index contributed by atoms with van der Waals surface area (Å²) in [7, 11) is 0. The van der Waals surface area contributed by atoms with E-state index < -0.39 is 0 Å². The summed E-state index contributed by atoms with van der Waals surface area (Å²) in [6.07, 6.45) is 8.46. The van der Waals surface area contributed by atoms with Gasteiger partial charge in [0.25, 0.3) is 0 Å². The first-order valence-electron chi connectivity index (χ1n) is 5.09. The van der Waals surface area contributed by atoms with E-state index in [1.807, 2.05) is 11.8 Å². The standard InChI is InChI=1S/C11H21NS/c1-4-7-8-11(10-13-6-3)12-9-5-2/h1,11-12H,5-10H2,2-3H3. The molecule has 0 spiro atoms. The molecule has 0 aromatic rings. The molecule has 0 aromatic heterocycles. The molecule has 13 heavy (non-hydrogen) atoms. The van der Waals surface area contributed by atoms with Crippen LogP contribution in [0.4, 0.5) is 0 Å². The maximum Gasteiger partial charge on any atom is 0.0167 e. The van der Waals surface area contributed by atoms with E-state index in [4.69, 9.17) is 6.42 Å². The van der Waals surface area contributed by atoms with Crippen molar-refractivity contribution in [3.05, 3.63) is 0 Å². The number of hydrogen-bond donors (Lipinski definition) is 1. The third kappa shape index (κ3) is 8.21. The number of rotatable bonds is 8. The van der Waals surface area contributed by atoms with Crippen LogP contribution in [0.3, 0.4) is 0 Å². The molecule has 0 saturated heterocycles. The topological polar surface area (TPSA) is 12.0 Å². The Morgan fingerprint density at radius 1 is 1.46 bits per heavy atom. The molecule has 1 N–H and O–H groups in total. The quantitative estimate of drug-likeness (QED) is 0.603. The molecule has 0 bridgehead atoms. The molecule has 1 nitrogen and oxygen atoms in total. The highest BCUT2D eigenvalue weighted by molar-refractivity contribution is 7.99. The summed E-state index contributed by atoms with van der Waals surface area (Å²) in [5, 5.41) is 3.52. The van der Waals surface area contributed by atoms with Crippen molar-refractivity contribution in [2.45, 2.75) is 39.2 Å². The number of thioether (sulfide) groups is 1. The van der Waals surface area contributed by atoms with Crippen LogP contribution in [0.25, 0.3) is 0 Å². The molecule has 0 aromatic carbocycles. The lowest BCUT2D eigenvalue weighted by atomic mass is 10.2. The minimum Gasteiger partial charge on any atom is -0.313 e. The predicted molar refractivity (Wildman–Crippen MR) is 63.1 cm³/mol. The van der Waals surface area contributed by atoms with Crippen molar-refractivity contribution in [3.63, 3.8) is 0 Å². The lowest BCUT2D eigenvalue weighted by molar-refractivity contribution is 0.526. The van der Waals surface area contributed by atoms with Gasteiger partial charge in [0, 0.05) is 18.2 Å². The highest BCUT2D eigenvalue weighted by Gasteiger charge is 2.05. The van der Waals surface area contributed by atoms with Gasteiger partial charge >= 0.3 is 0 Å². The van der Waals surface area contributed by atoms with Crippen LogP contribution < -0.4 is 5.32 Å². The van der Waals surface area contributed by atoms with Crippen molar-refractivity contribution in [3.8, 4) is 12.3 Å². The van der Waals surface area contributed by atoms with Crippen LogP contribution in [-0.2, 0) is 0 Å². The van der Waals surface area contributed by atoms with Crippen molar-refractivity contribution in [1.29, 1.82) is 0 Å². The van der Waals surface area contributed by atoms with Gasteiger partial charge in [-0.15, -0.1) is 12.3 Å². The maximum atomic E-state index is 5.25. The minimum atomic E-state index is 0.612. The smallest absolute Gasteiger partial charge is 0.0167 e. The summed E-state index contributed by atoms with van der Waals surface area (Å²) in [4.78, 5) is 0. The first-order valence-corrected chi connectivity index (χ1v) is 6.25. The molecule has 2 heteroatoms. The Hall–Kier alpha value is -0.130. The predicted octanol–water partition coefficient (Wildman–Crippen LogP) is 2.52. The van der Waals surface area contributed by atoms with Crippen molar-refractivity contribution in [1.82, 2.24) is 5.32 Å². The van der Waals surface area contributed by atoms with Gasteiger partial charge in [0.15, 0.2) is 0 Å². The molecule has 0 saturated carbocycles. The lowest BCUT2D eigenvalue weighted by Crippen LogP contribution is -2.31. The van der Waals surface area contributed by atoms with Gasteiger partial charge in [0.2, 0.25) is 0 Å². The van der Waals surface area contributed by atoms with Gasteiger partial charge in [-0.1, -0.05) is 13.8 Å². The van der Waals surface area contributed by atoms with Gasteiger partial charge in [-0.25, -0.2) is 0 Å². The molecule has 0 heterocycles. The van der Waals surface area contributed by atoms with Gasteiger partial charge < -0.3 is 5.32 Å². The molecular formula is C11H21NS. The van der Waals surface area contributed by atoms with Gasteiger partial charge in [-0.2, -0.15) is 11.8 Å². The van der Waals surface area contributed by atoms with E-state index in [1.165, 1.54) is 17.9 Å². The van der Waals surface area contributed by atoms with Crippen LogP contribution in [0.5, 0.6) is 0 Å². The van der Waals surface area contributed by atoms with Crippen LogP contribution in [0.2, 0.25) is 0 Å². The van der Waals surface area contributed by atoms with Crippen molar-refractivity contribution in [2.24, 2.45) is 0 Å². The average Bonchev–Trinajstić information content (AvgIpc) is 2.17. The van der Waals surface area contributed by atoms with E-state index >= 15 is 0 Å². The van der Waals surface area contributed by atoms with Crippen molar-refractivity contribution < 1.29 is 0 Å². The molecule has 0 rings (SSSR count). The van der Waals surface area contributed by atoms with E-state index in [0.29, 0.717) is 6.04 Å². The Labute approximate surface area is 87.1 Å². The van der Waals surface area contributed by atoms with E-state index in [-0.39, 0.29) is 0 Å². The van der Waals surface area contributed by atoms with Gasteiger partial charge in [0.05, 0.1) is 0 Å². The summed E-state index contributed by atoms with van der Waals surface area (Å²) in [6.45, 7) is 5.50. The molecule has 0 aliphatic carbocycles. The second kappa shape index (κ2) is 9.95. The van der Waals surface area contributed by atoms with Gasteiger partial charge in [-0.05, 0) is 25.1 Å². The van der Waals surface area contributed by atoms with Crippen LogP contribution in [0.1, 0.15) is 33.1 Å². The highest BCUT2D eigenvalue weighted by atomic mass is 32.2. The number of nitrogens with one attached hydrogen (secondary N) is 1. The Balaban J connectivity index is 3.54. The summed E-state index contributed by atoms with van der Waals surface area (Å²) in [5.41, 5.74) is 0. The Kier molecular flexibility index (Phi) is 9.85. The summed E-state index contributed by atoms with van der Waals surface area (Å²) in [6, 6.07) is 0.612. The first kappa shape index (κ1) is 12.9. The average molecular weight is 199 g/mol.